The normalized spacial score (nSPS) is 12.1. The zero-order chi connectivity index (χ0) is 55.3. The molecular formula is C70H64N6O2S3. The molecule has 0 saturated carbocycles. The van der Waals surface area contributed by atoms with Gasteiger partial charge in [-0.15, -0.1) is 0 Å². The van der Waals surface area contributed by atoms with Gasteiger partial charge in [-0.25, -0.2) is 11.7 Å². The van der Waals surface area contributed by atoms with E-state index in [0.29, 0.717) is 26.3 Å². The molecule has 10 aromatic rings. The monoisotopic (exact) mass is 1120 g/mol. The van der Waals surface area contributed by atoms with Crippen molar-refractivity contribution in [3.8, 4) is 0 Å². The van der Waals surface area contributed by atoms with Crippen molar-refractivity contribution >= 4 is 92.9 Å². The van der Waals surface area contributed by atoms with Crippen LogP contribution in [0.15, 0.2) is 311 Å². The Balaban J connectivity index is 0.734. The molecule has 0 aromatic heterocycles. The topological polar surface area (TPSA) is 83.5 Å². The van der Waals surface area contributed by atoms with E-state index in [1.165, 1.54) is 0 Å². The summed E-state index contributed by atoms with van der Waals surface area (Å²) in [6.45, 7) is 1.88. The maximum absolute atomic E-state index is 6.66. The zero-order valence-electron chi connectivity index (χ0n) is 44.8. The third kappa shape index (κ3) is 16.4. The highest BCUT2D eigenvalue weighted by Crippen LogP contribution is 2.38. The minimum absolute atomic E-state index is 0.241. The third-order valence-corrected chi connectivity index (χ3v) is 16.2. The van der Waals surface area contributed by atoms with Gasteiger partial charge in [0.2, 0.25) is 0 Å². The fourth-order valence-corrected chi connectivity index (χ4v) is 11.5. The number of benzene rings is 10. The first kappa shape index (κ1) is 56.1. The number of rotatable bonds is 26. The number of anilines is 8. The number of ether oxygens (including phenoxy) is 2. The van der Waals surface area contributed by atoms with Gasteiger partial charge >= 0.3 is 0 Å². The average Bonchev–Trinajstić information content (AvgIpc) is 3.53. The highest BCUT2D eigenvalue weighted by molar-refractivity contribution is 8.00. The molecular weight excluding hydrogens is 1050 g/mol. The first-order valence-corrected chi connectivity index (χ1v) is 29.5. The summed E-state index contributed by atoms with van der Waals surface area (Å²) < 4.78 is 13.1. The highest BCUT2D eigenvalue weighted by Gasteiger charge is 2.16. The Bertz CT molecular complexity index is 3160. The molecule has 0 radical (unpaired) electrons. The SMILES string of the molecule is NN(CCOC(C=Cc1ccccc1)Sc1ccc(Sc2ccc(SC(C=Cc3ccccc3)OCCN(N)c3ccc(N(c4ccccc4)c4ccccc4)cc3)cc2)cc1)c1ccc(N(c2ccccc2)c2ccccc2)cc1. The van der Waals surface area contributed by atoms with Crippen molar-refractivity contribution in [2.24, 2.45) is 11.7 Å². The number of hydrogen-bond acceptors (Lipinski definition) is 11. The molecule has 8 nitrogen and oxygen atoms in total. The van der Waals surface area contributed by atoms with Gasteiger partial charge in [0.15, 0.2) is 0 Å². The maximum Gasteiger partial charge on any atom is 0.126 e. The largest absolute Gasteiger partial charge is 0.361 e. The first-order valence-electron chi connectivity index (χ1n) is 26.9. The second kappa shape index (κ2) is 29.3. The molecule has 404 valence electrons. The van der Waals surface area contributed by atoms with Gasteiger partial charge in [-0.2, -0.15) is 0 Å². The summed E-state index contributed by atoms with van der Waals surface area (Å²) in [4.78, 5) is 8.99. The minimum Gasteiger partial charge on any atom is -0.361 e. The smallest absolute Gasteiger partial charge is 0.126 e. The number of hydrogen-bond donors (Lipinski definition) is 2. The van der Waals surface area contributed by atoms with Gasteiger partial charge in [-0.1, -0.05) is 181 Å². The summed E-state index contributed by atoms with van der Waals surface area (Å²) in [5.41, 5.74) is 9.99. The lowest BCUT2D eigenvalue weighted by Gasteiger charge is -2.26. The van der Waals surface area contributed by atoms with Gasteiger partial charge in [0.05, 0.1) is 37.7 Å². The molecule has 0 amide bonds. The summed E-state index contributed by atoms with van der Waals surface area (Å²) in [5.74, 6) is 13.3. The Labute approximate surface area is 489 Å². The number of nitrogens with zero attached hydrogens (tertiary/aromatic N) is 4. The number of para-hydroxylation sites is 4. The zero-order valence-corrected chi connectivity index (χ0v) is 47.3. The van der Waals surface area contributed by atoms with Gasteiger partial charge in [0.1, 0.15) is 10.9 Å². The van der Waals surface area contributed by atoms with Crippen LogP contribution in [0.2, 0.25) is 0 Å². The Kier molecular flexibility index (Phi) is 20.3. The van der Waals surface area contributed by atoms with Crippen molar-refractivity contribution in [1.82, 2.24) is 0 Å². The van der Waals surface area contributed by atoms with Crippen molar-refractivity contribution in [3.63, 3.8) is 0 Å². The van der Waals surface area contributed by atoms with E-state index in [1.54, 1.807) is 45.3 Å². The molecule has 0 fully saturated rings. The lowest BCUT2D eigenvalue weighted by molar-refractivity contribution is 0.147. The highest BCUT2D eigenvalue weighted by atomic mass is 32.2. The van der Waals surface area contributed by atoms with Crippen LogP contribution < -0.4 is 31.5 Å². The van der Waals surface area contributed by atoms with E-state index in [2.05, 4.69) is 252 Å². The minimum atomic E-state index is -0.241. The van der Waals surface area contributed by atoms with Crippen LogP contribution in [0.1, 0.15) is 11.1 Å². The van der Waals surface area contributed by atoms with Crippen LogP contribution >= 0.6 is 35.3 Å². The van der Waals surface area contributed by atoms with Crippen LogP contribution in [0.5, 0.6) is 0 Å². The number of hydrazine groups is 2. The number of thioether (sulfide) groups is 2. The summed E-state index contributed by atoms with van der Waals surface area (Å²) in [5, 5.41) is 3.50. The predicted octanol–water partition coefficient (Wildman–Crippen LogP) is 17.8. The molecule has 81 heavy (non-hydrogen) atoms. The molecule has 10 aromatic carbocycles. The van der Waals surface area contributed by atoms with Crippen LogP contribution in [0, 0.1) is 0 Å². The molecule has 0 bridgehead atoms. The molecule has 2 unspecified atom stereocenters. The van der Waals surface area contributed by atoms with Gasteiger partial charge in [-0.3, -0.25) is 0 Å². The summed E-state index contributed by atoms with van der Waals surface area (Å²) in [6.07, 6.45) is 8.46. The van der Waals surface area contributed by atoms with E-state index in [4.69, 9.17) is 21.2 Å². The molecule has 0 aliphatic carbocycles. The van der Waals surface area contributed by atoms with Crippen molar-refractivity contribution in [2.75, 3.05) is 46.1 Å². The second-order valence-electron chi connectivity index (χ2n) is 18.7. The van der Waals surface area contributed by atoms with Gasteiger partial charge in [0, 0.05) is 53.7 Å². The predicted molar refractivity (Wildman–Crippen MR) is 344 cm³/mol. The third-order valence-electron chi connectivity index (χ3n) is 13.0. The standard InChI is InChI=1S/C70H64N6O2S3/c71-73(57-33-37-63(38-34-57)75(59-23-11-3-12-24-59)60-25-13-4-14-26-60)51-53-77-69(49-31-55-19-7-1-8-20-55)80-67-45-41-65(42-46-67)79-66-43-47-68(48-44-66)81-70(50-32-56-21-9-2-10-22-56)78-54-52-74(72)58-35-39-64(40-36-58)76(61-27-15-5-16-28-61)62-29-17-6-18-30-62/h1-50,69-70H,51-54,71-72H2. The van der Waals surface area contributed by atoms with Crippen molar-refractivity contribution < 1.29 is 9.47 Å². The molecule has 0 aliphatic heterocycles. The van der Waals surface area contributed by atoms with Crippen molar-refractivity contribution in [1.29, 1.82) is 0 Å². The van der Waals surface area contributed by atoms with Crippen LogP contribution in [-0.4, -0.2) is 37.2 Å². The summed E-state index contributed by atoms with van der Waals surface area (Å²) >= 11 is 5.08. The van der Waals surface area contributed by atoms with E-state index >= 15 is 0 Å². The maximum atomic E-state index is 6.66. The van der Waals surface area contributed by atoms with Gasteiger partial charge in [-0.05, 0) is 169 Å². The van der Waals surface area contributed by atoms with E-state index in [-0.39, 0.29) is 10.9 Å². The molecule has 0 spiro atoms. The second-order valence-corrected chi connectivity index (χ2v) is 22.2. The number of nitrogens with two attached hydrogens (primary N) is 2. The van der Waals surface area contributed by atoms with Crippen molar-refractivity contribution in [2.45, 2.75) is 30.5 Å². The van der Waals surface area contributed by atoms with E-state index in [0.717, 1.165) is 76.2 Å². The van der Waals surface area contributed by atoms with Crippen molar-refractivity contribution in [3.05, 3.63) is 302 Å². The Morgan fingerprint density at radius 2 is 0.568 bits per heavy atom. The lowest BCUT2D eigenvalue weighted by Crippen LogP contribution is -2.34. The molecule has 4 N–H and O–H groups in total. The molecule has 2 atom stereocenters. The molecule has 0 aliphatic rings. The fourth-order valence-electron chi connectivity index (χ4n) is 8.92. The Hall–Kier alpha value is -8.23. The first-order chi connectivity index (χ1) is 40.0. The quantitative estimate of drug-likeness (QED) is 0.0235. The lowest BCUT2D eigenvalue weighted by atomic mass is 10.2. The molecule has 0 heterocycles. The fraction of sp³-hybridized carbons (Fsp3) is 0.0857. The van der Waals surface area contributed by atoms with Crippen LogP contribution in [0.3, 0.4) is 0 Å². The van der Waals surface area contributed by atoms with Crippen LogP contribution in [0.4, 0.5) is 45.5 Å². The van der Waals surface area contributed by atoms with E-state index in [1.807, 2.05) is 60.7 Å². The van der Waals surface area contributed by atoms with Crippen LogP contribution in [0.25, 0.3) is 12.2 Å². The van der Waals surface area contributed by atoms with Crippen LogP contribution in [-0.2, 0) is 9.47 Å². The van der Waals surface area contributed by atoms with Gasteiger partial charge in [0.25, 0.3) is 0 Å². The summed E-state index contributed by atoms with van der Waals surface area (Å²) in [7, 11) is 0. The average molecular weight is 1120 g/mol. The molecule has 10 rings (SSSR count). The molecule has 11 heteroatoms. The Morgan fingerprint density at radius 3 is 0.877 bits per heavy atom. The van der Waals surface area contributed by atoms with E-state index < -0.39 is 0 Å². The van der Waals surface area contributed by atoms with E-state index in [9.17, 15) is 0 Å². The van der Waals surface area contributed by atoms with Gasteiger partial charge < -0.3 is 29.3 Å². The summed E-state index contributed by atoms with van der Waals surface area (Å²) in [6, 6.07) is 96.2. The molecule has 0 saturated heterocycles. The Morgan fingerprint density at radius 1 is 0.309 bits per heavy atom.